The third-order valence-corrected chi connectivity index (χ3v) is 2.43. The molecule has 0 saturated heterocycles. The highest BCUT2D eigenvalue weighted by Gasteiger charge is 1.91. The van der Waals surface area contributed by atoms with Gasteiger partial charge in [0.2, 0.25) is 0 Å². The predicted octanol–water partition coefficient (Wildman–Crippen LogP) is 1.36. The summed E-state index contributed by atoms with van der Waals surface area (Å²) in [5.41, 5.74) is 0. The van der Waals surface area contributed by atoms with Crippen LogP contribution in [0.15, 0.2) is 29.6 Å². The smallest absolute Gasteiger partial charge is 0.148 e. The van der Waals surface area contributed by atoms with Gasteiger partial charge in [0.1, 0.15) is 4.34 Å². The molecule has 12 heavy (non-hydrogen) atoms. The zero-order valence-corrected chi connectivity index (χ0v) is 8.24. The van der Waals surface area contributed by atoms with E-state index in [0.717, 1.165) is 14.2 Å². The Morgan fingerprint density at radius 2 is 1.92 bits per heavy atom. The van der Waals surface area contributed by atoms with E-state index in [9.17, 15) is 0 Å². The standard InChI is InChI=1S/C9H9NS2/c1-3-5-7-8(6-4-2)12-9(11)10-7/h3-6H,1-2H2,(H,10,11)/b7-5+,8-6+. The molecule has 0 radical (unpaired) electrons. The van der Waals surface area contributed by atoms with E-state index in [0.29, 0.717) is 0 Å². The minimum atomic E-state index is 0.760. The Balaban J connectivity index is 3.46. The number of nitrogens with zero attached hydrogens (tertiary/aromatic N) is 1. The summed E-state index contributed by atoms with van der Waals surface area (Å²) in [6.07, 6.45) is 7.21. The molecule has 0 atom stereocenters. The van der Waals surface area contributed by atoms with Gasteiger partial charge in [0.05, 0.1) is 9.88 Å². The van der Waals surface area contributed by atoms with E-state index in [4.69, 9.17) is 0 Å². The van der Waals surface area contributed by atoms with Crippen molar-refractivity contribution in [3.05, 3.63) is 35.2 Å². The molecule has 1 nitrogen and oxygen atoms in total. The molecule has 1 rings (SSSR count). The van der Waals surface area contributed by atoms with Gasteiger partial charge in [-0.25, -0.2) is 4.98 Å². The molecule has 0 saturated carbocycles. The maximum Gasteiger partial charge on any atom is 0.148 e. The molecule has 1 aromatic heterocycles. The van der Waals surface area contributed by atoms with E-state index in [1.165, 1.54) is 11.3 Å². The molecule has 1 heterocycles. The summed E-state index contributed by atoms with van der Waals surface area (Å²) < 4.78 is 1.83. The van der Waals surface area contributed by atoms with Gasteiger partial charge >= 0.3 is 0 Å². The van der Waals surface area contributed by atoms with E-state index in [2.05, 4.69) is 30.8 Å². The molecular formula is C9H9NS2. The molecule has 0 bridgehead atoms. The van der Waals surface area contributed by atoms with Crippen LogP contribution in [0.5, 0.6) is 0 Å². The second-order valence-corrected chi connectivity index (χ2v) is 3.81. The Morgan fingerprint density at radius 1 is 1.25 bits per heavy atom. The van der Waals surface area contributed by atoms with Crippen LogP contribution >= 0.6 is 24.0 Å². The number of thiazole rings is 1. The van der Waals surface area contributed by atoms with Crippen LogP contribution in [0.4, 0.5) is 0 Å². The number of thiol groups is 1. The molecule has 0 aromatic carbocycles. The number of hydrogen-bond donors (Lipinski definition) is 1. The maximum absolute atomic E-state index is 4.20. The van der Waals surface area contributed by atoms with Gasteiger partial charge in [0, 0.05) is 0 Å². The monoisotopic (exact) mass is 195 g/mol. The van der Waals surface area contributed by atoms with Crippen LogP contribution in [0.25, 0.3) is 12.2 Å². The summed E-state index contributed by atoms with van der Waals surface area (Å²) in [7, 11) is 0. The molecule has 0 unspecified atom stereocenters. The van der Waals surface area contributed by atoms with Gasteiger partial charge in [-0.05, 0) is 12.2 Å². The van der Waals surface area contributed by atoms with Gasteiger partial charge in [0.15, 0.2) is 0 Å². The minimum absolute atomic E-state index is 0.760. The quantitative estimate of drug-likeness (QED) is 0.703. The number of aromatic nitrogens is 1. The highest BCUT2D eigenvalue weighted by Crippen LogP contribution is 1.99. The van der Waals surface area contributed by atoms with Gasteiger partial charge in [-0.1, -0.05) is 25.3 Å². The lowest BCUT2D eigenvalue weighted by atomic mass is 10.4. The van der Waals surface area contributed by atoms with Crippen molar-refractivity contribution in [1.82, 2.24) is 4.98 Å². The van der Waals surface area contributed by atoms with Gasteiger partial charge in [-0.2, -0.15) is 0 Å². The predicted molar refractivity (Wildman–Crippen MR) is 57.9 cm³/mol. The average molecular weight is 195 g/mol. The summed E-state index contributed by atoms with van der Waals surface area (Å²) >= 11 is 5.69. The van der Waals surface area contributed by atoms with Crippen LogP contribution in [-0.2, 0) is 0 Å². The lowest BCUT2D eigenvalue weighted by Gasteiger charge is -1.72. The van der Waals surface area contributed by atoms with Crippen molar-refractivity contribution >= 4 is 36.1 Å². The summed E-state index contributed by atoms with van der Waals surface area (Å²) in [6.45, 7) is 7.24. The van der Waals surface area contributed by atoms with Crippen molar-refractivity contribution in [3.63, 3.8) is 0 Å². The SMILES string of the molecule is C=C/C=c1/nc(S)s/c1=C/C=C. The minimum Gasteiger partial charge on any atom is -0.230 e. The molecule has 0 N–H and O–H groups in total. The van der Waals surface area contributed by atoms with Crippen LogP contribution in [0.2, 0.25) is 0 Å². The number of hydrogen-bond acceptors (Lipinski definition) is 3. The fraction of sp³-hybridized carbons (Fsp3) is 0. The van der Waals surface area contributed by atoms with Crippen LogP contribution < -0.4 is 9.88 Å². The molecule has 62 valence electrons. The topological polar surface area (TPSA) is 12.9 Å². The summed E-state index contributed by atoms with van der Waals surface area (Å²) in [5, 5.41) is 0.903. The Hall–Kier alpha value is -0.800. The summed E-state index contributed by atoms with van der Waals surface area (Å²) in [6, 6.07) is 0. The third-order valence-electron chi connectivity index (χ3n) is 1.21. The second-order valence-electron chi connectivity index (χ2n) is 2.05. The normalized spacial score (nSPS) is 13.4. The van der Waals surface area contributed by atoms with Crippen LogP contribution in [0.1, 0.15) is 0 Å². The van der Waals surface area contributed by atoms with Crippen molar-refractivity contribution in [3.8, 4) is 0 Å². The Labute approximate surface area is 80.9 Å². The van der Waals surface area contributed by atoms with E-state index < -0.39 is 0 Å². The van der Waals surface area contributed by atoms with Crippen molar-refractivity contribution in [2.24, 2.45) is 0 Å². The van der Waals surface area contributed by atoms with Gasteiger partial charge in [-0.3, -0.25) is 0 Å². The Morgan fingerprint density at radius 3 is 2.50 bits per heavy atom. The molecule has 0 aliphatic heterocycles. The summed E-state index contributed by atoms with van der Waals surface area (Å²) in [4.78, 5) is 4.20. The van der Waals surface area contributed by atoms with E-state index in [-0.39, 0.29) is 0 Å². The third kappa shape index (κ3) is 2.09. The molecule has 0 aliphatic rings. The van der Waals surface area contributed by atoms with Crippen molar-refractivity contribution < 1.29 is 0 Å². The van der Waals surface area contributed by atoms with E-state index >= 15 is 0 Å². The first-order valence-corrected chi connectivity index (χ1v) is 4.65. The van der Waals surface area contributed by atoms with E-state index in [1.54, 1.807) is 12.2 Å². The van der Waals surface area contributed by atoms with Crippen LogP contribution in [0.3, 0.4) is 0 Å². The van der Waals surface area contributed by atoms with Crippen molar-refractivity contribution in [2.45, 2.75) is 4.34 Å². The summed E-state index contributed by atoms with van der Waals surface area (Å²) in [5.74, 6) is 0. The molecule has 0 spiro atoms. The fourth-order valence-electron chi connectivity index (χ4n) is 0.789. The van der Waals surface area contributed by atoms with E-state index in [1.807, 2.05) is 12.2 Å². The zero-order valence-electron chi connectivity index (χ0n) is 6.53. The highest BCUT2D eigenvalue weighted by molar-refractivity contribution is 7.82. The van der Waals surface area contributed by atoms with Crippen LogP contribution in [-0.4, -0.2) is 4.98 Å². The number of allylic oxidation sites excluding steroid dienone is 2. The largest absolute Gasteiger partial charge is 0.230 e. The molecule has 1 aromatic rings. The van der Waals surface area contributed by atoms with Crippen molar-refractivity contribution in [1.29, 1.82) is 0 Å². The van der Waals surface area contributed by atoms with Gasteiger partial charge in [-0.15, -0.1) is 24.0 Å². The van der Waals surface area contributed by atoms with Gasteiger partial charge < -0.3 is 0 Å². The molecule has 0 amide bonds. The second kappa shape index (κ2) is 4.28. The fourth-order valence-corrected chi connectivity index (χ4v) is 1.92. The highest BCUT2D eigenvalue weighted by atomic mass is 32.2. The Kier molecular flexibility index (Phi) is 3.31. The lowest BCUT2D eigenvalue weighted by molar-refractivity contribution is 1.19. The first-order valence-electron chi connectivity index (χ1n) is 3.39. The van der Waals surface area contributed by atoms with Crippen LogP contribution in [0, 0.1) is 0 Å². The molecule has 0 fully saturated rings. The Bertz CT molecular complexity index is 363. The first kappa shape index (κ1) is 9.29. The molecule has 3 heteroatoms. The number of rotatable bonds is 2. The van der Waals surface area contributed by atoms with Gasteiger partial charge in [0.25, 0.3) is 0 Å². The van der Waals surface area contributed by atoms with Crippen molar-refractivity contribution in [2.75, 3.05) is 0 Å². The maximum atomic E-state index is 4.20. The molecule has 0 aliphatic carbocycles. The zero-order chi connectivity index (χ0) is 8.97. The molecular weight excluding hydrogens is 186 g/mol. The first-order chi connectivity index (χ1) is 5.77. The lowest BCUT2D eigenvalue weighted by Crippen LogP contribution is -2.19. The average Bonchev–Trinajstić information content (AvgIpc) is 2.33.